The summed E-state index contributed by atoms with van der Waals surface area (Å²) >= 11 is 4.12. The smallest absolute Gasteiger partial charge is 0.224 e. The number of nitriles is 1. The number of amides is 1. The molecule has 1 aliphatic rings. The highest BCUT2D eigenvalue weighted by Gasteiger charge is 2.32. The number of rotatable bonds is 5. The van der Waals surface area contributed by atoms with Crippen molar-refractivity contribution in [2.45, 2.75) is 24.2 Å². The van der Waals surface area contributed by atoms with Gasteiger partial charge in [0, 0.05) is 20.1 Å². The van der Waals surface area contributed by atoms with Gasteiger partial charge in [-0.05, 0) is 65.6 Å². The van der Waals surface area contributed by atoms with Crippen LogP contribution < -0.4 is 5.32 Å². The van der Waals surface area contributed by atoms with Gasteiger partial charge in [0.05, 0.1) is 6.07 Å². The SMILES string of the molecule is N#CCNC(=O)C1CCCC1CSc1ccc(I)cc1. The lowest BCUT2D eigenvalue weighted by atomic mass is 9.97. The number of carbonyl (C=O) groups is 1. The highest BCUT2D eigenvalue weighted by atomic mass is 127. The van der Waals surface area contributed by atoms with Crippen molar-refractivity contribution in [2.24, 2.45) is 11.8 Å². The first-order valence-electron chi connectivity index (χ1n) is 6.73. The van der Waals surface area contributed by atoms with E-state index in [1.165, 1.54) is 8.47 Å². The summed E-state index contributed by atoms with van der Waals surface area (Å²) in [7, 11) is 0. The first-order chi connectivity index (χ1) is 9.70. The second-order valence-corrected chi connectivity index (χ2v) is 7.28. The third-order valence-electron chi connectivity index (χ3n) is 3.62. The van der Waals surface area contributed by atoms with Gasteiger partial charge < -0.3 is 5.32 Å². The number of halogens is 1. The predicted molar refractivity (Wildman–Crippen MR) is 89.3 cm³/mol. The zero-order chi connectivity index (χ0) is 14.4. The zero-order valence-electron chi connectivity index (χ0n) is 11.1. The molecule has 1 aromatic carbocycles. The van der Waals surface area contributed by atoms with Crippen molar-refractivity contribution in [3.63, 3.8) is 0 Å². The van der Waals surface area contributed by atoms with Crippen LogP contribution in [0, 0.1) is 26.7 Å². The number of thioether (sulfide) groups is 1. The first-order valence-corrected chi connectivity index (χ1v) is 8.80. The lowest BCUT2D eigenvalue weighted by Gasteiger charge is -2.18. The number of nitrogens with one attached hydrogen (secondary N) is 1. The largest absolute Gasteiger partial charge is 0.343 e. The number of hydrogen-bond acceptors (Lipinski definition) is 3. The third-order valence-corrected chi connectivity index (χ3v) is 5.53. The van der Waals surface area contributed by atoms with E-state index in [4.69, 9.17) is 5.26 Å². The van der Waals surface area contributed by atoms with Gasteiger partial charge in [-0.3, -0.25) is 4.79 Å². The maximum absolute atomic E-state index is 12.0. The molecule has 1 saturated carbocycles. The maximum Gasteiger partial charge on any atom is 0.224 e. The first kappa shape index (κ1) is 15.6. The fourth-order valence-electron chi connectivity index (χ4n) is 2.57. The zero-order valence-corrected chi connectivity index (χ0v) is 14.1. The molecule has 0 saturated heterocycles. The van der Waals surface area contributed by atoms with Gasteiger partial charge in [0.1, 0.15) is 6.54 Å². The molecule has 1 fully saturated rings. The maximum atomic E-state index is 12.0. The molecule has 2 unspecified atom stereocenters. The Morgan fingerprint density at radius 2 is 2.15 bits per heavy atom. The Bertz CT molecular complexity index is 498. The summed E-state index contributed by atoms with van der Waals surface area (Å²) in [5, 5.41) is 11.2. The molecule has 2 atom stereocenters. The van der Waals surface area contributed by atoms with E-state index in [-0.39, 0.29) is 18.4 Å². The summed E-state index contributed by atoms with van der Waals surface area (Å²) < 4.78 is 1.24. The monoisotopic (exact) mass is 400 g/mol. The van der Waals surface area contributed by atoms with Crippen LogP contribution in [0.3, 0.4) is 0 Å². The summed E-state index contributed by atoms with van der Waals surface area (Å²) in [6.07, 6.45) is 3.18. The molecular weight excluding hydrogens is 383 g/mol. The molecule has 0 spiro atoms. The predicted octanol–water partition coefficient (Wildman–Crippen LogP) is 3.44. The van der Waals surface area contributed by atoms with E-state index in [2.05, 4.69) is 52.2 Å². The Hall–Kier alpha value is -0.740. The molecule has 0 bridgehead atoms. The van der Waals surface area contributed by atoms with Gasteiger partial charge in [0.25, 0.3) is 0 Å². The molecule has 0 aromatic heterocycles. The molecule has 20 heavy (non-hydrogen) atoms. The fraction of sp³-hybridized carbons (Fsp3) is 0.467. The van der Waals surface area contributed by atoms with Crippen molar-refractivity contribution < 1.29 is 4.79 Å². The van der Waals surface area contributed by atoms with Crippen molar-refractivity contribution in [3.05, 3.63) is 27.8 Å². The van der Waals surface area contributed by atoms with Crippen LogP contribution in [0.2, 0.25) is 0 Å². The van der Waals surface area contributed by atoms with Crippen molar-refractivity contribution in [3.8, 4) is 6.07 Å². The Morgan fingerprint density at radius 3 is 2.85 bits per heavy atom. The molecule has 106 valence electrons. The van der Waals surface area contributed by atoms with E-state index < -0.39 is 0 Å². The van der Waals surface area contributed by atoms with Crippen LogP contribution in [-0.2, 0) is 4.79 Å². The molecule has 0 radical (unpaired) electrons. The molecule has 0 aliphatic heterocycles. The van der Waals surface area contributed by atoms with Crippen LogP contribution in [0.25, 0.3) is 0 Å². The van der Waals surface area contributed by atoms with Crippen LogP contribution in [0.1, 0.15) is 19.3 Å². The number of carbonyl (C=O) groups excluding carboxylic acids is 1. The van der Waals surface area contributed by atoms with E-state index in [0.29, 0.717) is 5.92 Å². The van der Waals surface area contributed by atoms with E-state index in [1.807, 2.05) is 17.8 Å². The molecule has 0 heterocycles. The molecular formula is C15H17IN2OS. The quantitative estimate of drug-likeness (QED) is 0.468. The molecule has 3 nitrogen and oxygen atoms in total. The van der Waals surface area contributed by atoms with Gasteiger partial charge in [-0.1, -0.05) is 6.42 Å². The number of nitrogens with zero attached hydrogens (tertiary/aromatic N) is 1. The van der Waals surface area contributed by atoms with Gasteiger partial charge in [-0.2, -0.15) is 5.26 Å². The van der Waals surface area contributed by atoms with Crippen LogP contribution in [0.4, 0.5) is 0 Å². The van der Waals surface area contributed by atoms with E-state index in [1.54, 1.807) is 0 Å². The van der Waals surface area contributed by atoms with E-state index in [0.717, 1.165) is 25.0 Å². The van der Waals surface area contributed by atoms with Crippen molar-refractivity contribution >= 4 is 40.3 Å². The van der Waals surface area contributed by atoms with Crippen molar-refractivity contribution in [2.75, 3.05) is 12.3 Å². The van der Waals surface area contributed by atoms with Gasteiger partial charge in [0.2, 0.25) is 5.91 Å². The molecule has 1 amide bonds. The average Bonchev–Trinajstić information content (AvgIpc) is 2.92. The molecule has 1 N–H and O–H groups in total. The topological polar surface area (TPSA) is 52.9 Å². The van der Waals surface area contributed by atoms with E-state index >= 15 is 0 Å². The fourth-order valence-corrected chi connectivity index (χ4v) is 4.07. The van der Waals surface area contributed by atoms with E-state index in [9.17, 15) is 4.79 Å². The highest BCUT2D eigenvalue weighted by Crippen LogP contribution is 2.36. The van der Waals surface area contributed by atoms with Gasteiger partial charge >= 0.3 is 0 Å². The van der Waals surface area contributed by atoms with Gasteiger partial charge in [-0.25, -0.2) is 0 Å². The minimum atomic E-state index is 0.0530. The van der Waals surface area contributed by atoms with Crippen molar-refractivity contribution in [1.29, 1.82) is 5.26 Å². The summed E-state index contributed by atoms with van der Waals surface area (Å²) in [6.45, 7) is 0.117. The Balaban J connectivity index is 1.86. The lowest BCUT2D eigenvalue weighted by Crippen LogP contribution is -2.33. The summed E-state index contributed by atoms with van der Waals surface area (Å²) in [5.41, 5.74) is 0. The molecule has 2 rings (SSSR count). The minimum Gasteiger partial charge on any atom is -0.343 e. The van der Waals surface area contributed by atoms with Crippen LogP contribution in [-0.4, -0.2) is 18.2 Å². The summed E-state index contributed by atoms with van der Waals surface area (Å²) in [4.78, 5) is 13.3. The second kappa shape index (κ2) is 7.89. The average molecular weight is 400 g/mol. The Morgan fingerprint density at radius 1 is 1.40 bits per heavy atom. The number of hydrogen-bond donors (Lipinski definition) is 1. The molecule has 1 aromatic rings. The summed E-state index contributed by atoms with van der Waals surface area (Å²) in [6, 6.07) is 10.4. The standard InChI is InChI=1S/C15H17IN2OS/c16-12-4-6-13(7-5-12)20-10-11-2-1-3-14(11)15(19)18-9-8-17/h4-7,11,14H,1-3,9-10H2,(H,18,19). The Kier molecular flexibility index (Phi) is 6.17. The lowest BCUT2D eigenvalue weighted by molar-refractivity contribution is -0.125. The highest BCUT2D eigenvalue weighted by molar-refractivity contribution is 14.1. The van der Waals surface area contributed by atoms with Crippen molar-refractivity contribution in [1.82, 2.24) is 5.32 Å². The summed E-state index contributed by atoms with van der Waals surface area (Å²) in [5.74, 6) is 1.54. The molecule has 1 aliphatic carbocycles. The minimum absolute atomic E-state index is 0.0530. The third kappa shape index (κ3) is 4.38. The van der Waals surface area contributed by atoms with Gasteiger partial charge in [0.15, 0.2) is 0 Å². The normalized spacial score (nSPS) is 21.4. The van der Waals surface area contributed by atoms with Gasteiger partial charge in [-0.15, -0.1) is 11.8 Å². The number of benzene rings is 1. The Labute approximate surface area is 137 Å². The molecule has 5 heteroatoms. The van der Waals surface area contributed by atoms with Crippen LogP contribution >= 0.6 is 34.4 Å². The van der Waals surface area contributed by atoms with Crippen LogP contribution in [0.5, 0.6) is 0 Å². The van der Waals surface area contributed by atoms with Crippen LogP contribution in [0.15, 0.2) is 29.2 Å². The second-order valence-electron chi connectivity index (χ2n) is 4.94.